The Bertz CT molecular complexity index is 926. The summed E-state index contributed by atoms with van der Waals surface area (Å²) in [5, 5.41) is 1.35. The summed E-state index contributed by atoms with van der Waals surface area (Å²) < 4.78 is 0. The van der Waals surface area contributed by atoms with Gasteiger partial charge in [-0.2, -0.15) is 0 Å². The van der Waals surface area contributed by atoms with Crippen molar-refractivity contribution in [2.45, 2.75) is 0 Å². The molecule has 0 spiro atoms. The van der Waals surface area contributed by atoms with Gasteiger partial charge < -0.3 is 0 Å². The maximum absolute atomic E-state index is 6.36. The average molecular weight is 403 g/mol. The lowest BCUT2D eigenvalue weighted by molar-refractivity contribution is 1.60. The molecule has 0 aliphatic heterocycles. The monoisotopic (exact) mass is 402 g/mol. The first kappa shape index (κ1) is 19.9. The molecule has 0 saturated heterocycles. The lowest BCUT2D eigenvalue weighted by Crippen LogP contribution is -1.80. The van der Waals surface area contributed by atoms with E-state index in [9.17, 15) is 0 Å². The second-order valence-electron chi connectivity index (χ2n) is 6.18. The molecule has 0 saturated carbocycles. The molecule has 0 heterocycles. The third-order valence-electron chi connectivity index (χ3n) is 4.05. The second-order valence-corrected chi connectivity index (χ2v) is 7.05. The Morgan fingerprint density at radius 2 is 0.857 bits per heavy atom. The Morgan fingerprint density at radius 3 is 1.25 bits per heavy atom. The second kappa shape index (κ2) is 10.5. The molecule has 138 valence electrons. The van der Waals surface area contributed by atoms with E-state index in [1.807, 2.05) is 109 Å². The van der Waals surface area contributed by atoms with E-state index >= 15 is 0 Å². The van der Waals surface area contributed by atoms with E-state index in [4.69, 9.17) is 23.2 Å². The van der Waals surface area contributed by atoms with Crippen molar-refractivity contribution in [2.75, 3.05) is 0 Å². The number of allylic oxidation sites excluding steroid dienone is 4. The summed E-state index contributed by atoms with van der Waals surface area (Å²) in [4.78, 5) is 0. The molecule has 28 heavy (non-hydrogen) atoms. The van der Waals surface area contributed by atoms with Gasteiger partial charge >= 0.3 is 0 Å². The molecular formula is C26H20Cl2. The van der Waals surface area contributed by atoms with E-state index in [0.717, 1.165) is 22.3 Å². The third kappa shape index (κ3) is 6.42. The molecule has 0 nitrogen and oxygen atoms in total. The summed E-state index contributed by atoms with van der Waals surface area (Å²) in [6.07, 6.45) is 11.7. The molecular weight excluding hydrogens is 383 g/mol. The van der Waals surface area contributed by atoms with E-state index in [2.05, 4.69) is 12.1 Å². The first-order chi connectivity index (χ1) is 13.7. The van der Waals surface area contributed by atoms with Gasteiger partial charge in [0, 0.05) is 10.1 Å². The minimum Gasteiger partial charge on any atom is -0.0843 e. The van der Waals surface area contributed by atoms with Gasteiger partial charge in [0.15, 0.2) is 0 Å². The minimum atomic E-state index is 0.673. The van der Waals surface area contributed by atoms with Crippen molar-refractivity contribution in [3.8, 4) is 0 Å². The van der Waals surface area contributed by atoms with Crippen LogP contribution < -0.4 is 0 Å². The molecule has 0 fully saturated rings. The number of benzene rings is 3. The van der Waals surface area contributed by atoms with Crippen molar-refractivity contribution < 1.29 is 0 Å². The fourth-order valence-corrected chi connectivity index (χ4v) is 3.04. The van der Waals surface area contributed by atoms with Crippen LogP contribution in [0.5, 0.6) is 0 Å². The van der Waals surface area contributed by atoms with Crippen molar-refractivity contribution in [1.82, 2.24) is 0 Å². The highest BCUT2D eigenvalue weighted by atomic mass is 35.5. The SMILES string of the molecule is ClC(=C\c1ccccc1)/C=C/c1ccccc1/C=C/C(Cl)=C/c1ccccc1. The smallest absolute Gasteiger partial charge is 0.0412 e. The molecule has 0 amide bonds. The number of hydrogen-bond acceptors (Lipinski definition) is 0. The Labute approximate surface area is 176 Å². The van der Waals surface area contributed by atoms with Gasteiger partial charge in [0.25, 0.3) is 0 Å². The van der Waals surface area contributed by atoms with Gasteiger partial charge in [-0.15, -0.1) is 0 Å². The summed E-state index contributed by atoms with van der Waals surface area (Å²) >= 11 is 12.7. The molecule has 0 aliphatic carbocycles. The zero-order valence-electron chi connectivity index (χ0n) is 15.3. The average Bonchev–Trinajstić information content (AvgIpc) is 2.73. The maximum Gasteiger partial charge on any atom is 0.0412 e. The van der Waals surface area contributed by atoms with E-state index < -0.39 is 0 Å². The largest absolute Gasteiger partial charge is 0.0843 e. The molecule has 3 aromatic carbocycles. The fraction of sp³-hybridized carbons (Fsp3) is 0. The predicted octanol–water partition coefficient (Wildman–Crippen LogP) is 8.27. The third-order valence-corrected chi connectivity index (χ3v) is 4.52. The van der Waals surface area contributed by atoms with Gasteiger partial charge in [-0.1, -0.05) is 120 Å². The Balaban J connectivity index is 1.76. The molecule has 0 N–H and O–H groups in total. The van der Waals surface area contributed by atoms with Crippen LogP contribution in [0.15, 0.2) is 107 Å². The first-order valence-electron chi connectivity index (χ1n) is 9.00. The van der Waals surface area contributed by atoms with Gasteiger partial charge in [-0.3, -0.25) is 0 Å². The predicted molar refractivity (Wildman–Crippen MR) is 125 cm³/mol. The van der Waals surface area contributed by atoms with Crippen molar-refractivity contribution in [3.05, 3.63) is 129 Å². The van der Waals surface area contributed by atoms with Crippen LogP contribution in [0.1, 0.15) is 22.3 Å². The number of halogens is 2. The molecule has 3 rings (SSSR count). The topological polar surface area (TPSA) is 0 Å². The van der Waals surface area contributed by atoms with Gasteiger partial charge in [-0.25, -0.2) is 0 Å². The van der Waals surface area contributed by atoms with Crippen molar-refractivity contribution in [3.63, 3.8) is 0 Å². The van der Waals surface area contributed by atoms with Gasteiger partial charge in [-0.05, 0) is 46.6 Å². The van der Waals surface area contributed by atoms with E-state index in [1.54, 1.807) is 0 Å². The molecule has 0 unspecified atom stereocenters. The van der Waals surface area contributed by atoms with Crippen LogP contribution in [0, 0.1) is 0 Å². The summed E-state index contributed by atoms with van der Waals surface area (Å²) in [6.45, 7) is 0. The summed E-state index contributed by atoms with van der Waals surface area (Å²) in [6, 6.07) is 28.2. The van der Waals surface area contributed by atoms with Crippen LogP contribution in [0.3, 0.4) is 0 Å². The van der Waals surface area contributed by atoms with E-state index in [1.165, 1.54) is 0 Å². The Hall–Kier alpha value is -2.80. The summed E-state index contributed by atoms with van der Waals surface area (Å²) in [5.41, 5.74) is 4.29. The Morgan fingerprint density at radius 1 is 0.500 bits per heavy atom. The van der Waals surface area contributed by atoms with Crippen molar-refractivity contribution in [1.29, 1.82) is 0 Å². The first-order valence-corrected chi connectivity index (χ1v) is 9.76. The van der Waals surface area contributed by atoms with Crippen molar-refractivity contribution >= 4 is 47.5 Å². The normalized spacial score (nSPS) is 12.8. The molecule has 0 aliphatic rings. The number of rotatable bonds is 6. The van der Waals surface area contributed by atoms with Gasteiger partial charge in [0.05, 0.1) is 0 Å². The standard InChI is InChI=1S/C26H20Cl2/c27-25(19-21-9-3-1-4-10-21)17-15-23-13-7-8-14-24(23)16-18-26(28)20-22-11-5-2-6-12-22/h1-20H/b17-15+,18-16+,25-19-,26-20-. The maximum atomic E-state index is 6.36. The summed E-state index contributed by atoms with van der Waals surface area (Å²) in [5.74, 6) is 0. The van der Waals surface area contributed by atoms with Crippen LogP contribution in [0.2, 0.25) is 0 Å². The molecule has 0 radical (unpaired) electrons. The lowest BCUT2D eigenvalue weighted by atomic mass is 10.1. The highest BCUT2D eigenvalue weighted by molar-refractivity contribution is 6.33. The molecule has 3 aromatic rings. The molecule has 0 bridgehead atoms. The van der Waals surface area contributed by atoms with Crippen molar-refractivity contribution in [2.24, 2.45) is 0 Å². The molecule has 0 atom stereocenters. The highest BCUT2D eigenvalue weighted by Crippen LogP contribution is 2.19. The zero-order chi connectivity index (χ0) is 19.6. The fourth-order valence-electron chi connectivity index (χ4n) is 2.67. The molecule has 0 aromatic heterocycles. The lowest BCUT2D eigenvalue weighted by Gasteiger charge is -2.01. The Kier molecular flexibility index (Phi) is 7.49. The van der Waals surface area contributed by atoms with Gasteiger partial charge in [0.1, 0.15) is 0 Å². The van der Waals surface area contributed by atoms with Crippen LogP contribution >= 0.6 is 23.2 Å². The quantitative estimate of drug-likeness (QED) is 0.363. The van der Waals surface area contributed by atoms with E-state index in [-0.39, 0.29) is 0 Å². The van der Waals surface area contributed by atoms with Gasteiger partial charge in [0.2, 0.25) is 0 Å². The molecule has 2 heteroatoms. The summed E-state index contributed by atoms with van der Waals surface area (Å²) in [7, 11) is 0. The highest BCUT2D eigenvalue weighted by Gasteiger charge is 1.96. The zero-order valence-corrected chi connectivity index (χ0v) is 16.8. The minimum absolute atomic E-state index is 0.673. The van der Waals surface area contributed by atoms with Crippen LogP contribution in [-0.4, -0.2) is 0 Å². The van der Waals surface area contributed by atoms with E-state index in [0.29, 0.717) is 10.1 Å². The van der Waals surface area contributed by atoms with Crippen LogP contribution in [0.25, 0.3) is 24.3 Å². The van der Waals surface area contributed by atoms with Crippen LogP contribution in [-0.2, 0) is 0 Å². The van der Waals surface area contributed by atoms with Crippen LogP contribution in [0.4, 0.5) is 0 Å². The number of hydrogen-bond donors (Lipinski definition) is 0.